The molecule has 18 heavy (non-hydrogen) atoms. The summed E-state index contributed by atoms with van der Waals surface area (Å²) in [6, 6.07) is 1.44. The van der Waals surface area contributed by atoms with Crippen LogP contribution in [0.2, 0.25) is 5.02 Å². The lowest BCUT2D eigenvalue weighted by atomic mass is 9.97. The van der Waals surface area contributed by atoms with Gasteiger partial charge in [0, 0.05) is 11.4 Å². The fourth-order valence-corrected chi connectivity index (χ4v) is 5.67. The van der Waals surface area contributed by atoms with Gasteiger partial charge >= 0.3 is 0 Å². The minimum Gasteiger partial charge on any atom is -0.206 e. The molecule has 0 aliphatic carbocycles. The van der Waals surface area contributed by atoms with E-state index in [0.717, 1.165) is 11.3 Å². The Kier molecular flexibility index (Phi) is 5.96. The van der Waals surface area contributed by atoms with E-state index in [2.05, 4.69) is 20.7 Å². The number of hydrogen-bond acceptors (Lipinski definition) is 3. The van der Waals surface area contributed by atoms with Crippen molar-refractivity contribution in [1.29, 1.82) is 0 Å². The summed E-state index contributed by atoms with van der Waals surface area (Å²) >= 11 is 15.9. The van der Waals surface area contributed by atoms with Crippen molar-refractivity contribution in [1.82, 2.24) is 4.72 Å². The lowest BCUT2D eigenvalue weighted by molar-refractivity contribution is 0.391. The average molecular weight is 395 g/mol. The predicted molar refractivity (Wildman–Crippen MR) is 81.4 cm³/mol. The second-order valence-electron chi connectivity index (χ2n) is 4.15. The summed E-state index contributed by atoms with van der Waals surface area (Å²) in [6.07, 6.45) is 1.24. The van der Waals surface area contributed by atoms with Crippen molar-refractivity contribution < 1.29 is 8.42 Å². The highest BCUT2D eigenvalue weighted by atomic mass is 79.9. The lowest BCUT2D eigenvalue weighted by Gasteiger charge is -2.28. The van der Waals surface area contributed by atoms with Gasteiger partial charge in [-0.15, -0.1) is 22.9 Å². The van der Waals surface area contributed by atoms with Crippen molar-refractivity contribution >= 4 is 60.5 Å². The van der Waals surface area contributed by atoms with Crippen molar-refractivity contribution in [2.24, 2.45) is 0 Å². The maximum atomic E-state index is 12.2. The first-order valence-corrected chi connectivity index (χ1v) is 9.29. The molecule has 0 saturated heterocycles. The molecule has 104 valence electrons. The molecular weight excluding hydrogens is 381 g/mol. The molecule has 0 radical (unpaired) electrons. The van der Waals surface area contributed by atoms with Crippen molar-refractivity contribution in [3.8, 4) is 0 Å². The van der Waals surface area contributed by atoms with E-state index in [1.807, 2.05) is 13.8 Å². The van der Waals surface area contributed by atoms with Crippen molar-refractivity contribution in [2.75, 3.05) is 5.88 Å². The third kappa shape index (κ3) is 4.08. The Morgan fingerprint density at radius 2 is 2.17 bits per heavy atom. The van der Waals surface area contributed by atoms with Crippen LogP contribution in [-0.4, -0.2) is 19.8 Å². The zero-order valence-corrected chi connectivity index (χ0v) is 14.7. The molecule has 0 amide bonds. The standard InChI is InChI=1S/C10H14BrCl2NO2S2/c1-3-10(2,4-5-12)14-18(15,16)8-6-7(13)9(11)17-8/h6,14H,3-5H2,1-2H3. The number of nitrogens with one attached hydrogen (secondary N) is 1. The van der Waals surface area contributed by atoms with E-state index in [1.165, 1.54) is 6.07 Å². The number of halogens is 3. The SMILES string of the molecule is CCC(C)(CCCl)NS(=O)(=O)c1cc(Cl)c(Br)s1. The Bertz CT molecular complexity index is 498. The van der Waals surface area contributed by atoms with E-state index < -0.39 is 15.6 Å². The van der Waals surface area contributed by atoms with Gasteiger partial charge in [0.25, 0.3) is 10.0 Å². The fourth-order valence-electron chi connectivity index (χ4n) is 1.34. The number of alkyl halides is 1. The summed E-state index contributed by atoms with van der Waals surface area (Å²) in [6.45, 7) is 3.77. The van der Waals surface area contributed by atoms with Crippen LogP contribution in [0.3, 0.4) is 0 Å². The molecule has 3 nitrogen and oxygen atoms in total. The molecule has 0 fully saturated rings. The van der Waals surface area contributed by atoms with Crippen LogP contribution >= 0.6 is 50.5 Å². The topological polar surface area (TPSA) is 46.2 Å². The van der Waals surface area contributed by atoms with Crippen LogP contribution < -0.4 is 4.72 Å². The zero-order chi connectivity index (χ0) is 14.0. The van der Waals surface area contributed by atoms with Gasteiger partial charge < -0.3 is 0 Å². The lowest BCUT2D eigenvalue weighted by Crippen LogP contribution is -2.45. The molecule has 0 aromatic carbocycles. The van der Waals surface area contributed by atoms with Crippen molar-refractivity contribution in [3.63, 3.8) is 0 Å². The van der Waals surface area contributed by atoms with E-state index in [-0.39, 0.29) is 4.21 Å². The molecule has 1 N–H and O–H groups in total. The monoisotopic (exact) mass is 393 g/mol. The Balaban J connectivity index is 3.01. The van der Waals surface area contributed by atoms with Crippen molar-refractivity contribution in [3.05, 3.63) is 14.9 Å². The summed E-state index contributed by atoms with van der Waals surface area (Å²) in [4.78, 5) is 0. The van der Waals surface area contributed by atoms with Crippen LogP contribution in [0.5, 0.6) is 0 Å². The summed E-state index contributed by atoms with van der Waals surface area (Å²) in [7, 11) is -3.56. The Labute approximate surface area is 130 Å². The van der Waals surface area contributed by atoms with Gasteiger partial charge in [0.1, 0.15) is 4.21 Å². The summed E-state index contributed by atoms with van der Waals surface area (Å²) in [5.74, 6) is 0.405. The molecule has 1 heterocycles. The largest absolute Gasteiger partial charge is 0.250 e. The molecule has 0 saturated carbocycles. The maximum Gasteiger partial charge on any atom is 0.250 e. The summed E-state index contributed by atoms with van der Waals surface area (Å²) < 4.78 is 28.0. The molecule has 0 bridgehead atoms. The summed E-state index contributed by atoms with van der Waals surface area (Å²) in [5, 5.41) is 0.399. The van der Waals surface area contributed by atoms with Crippen molar-refractivity contribution in [2.45, 2.75) is 36.4 Å². The molecule has 1 aromatic heterocycles. The van der Waals surface area contributed by atoms with Crippen LogP contribution in [0.4, 0.5) is 0 Å². The Morgan fingerprint density at radius 1 is 1.56 bits per heavy atom. The van der Waals surface area contributed by atoms with Gasteiger partial charge in [-0.05, 0) is 41.8 Å². The average Bonchev–Trinajstić information content (AvgIpc) is 2.60. The highest BCUT2D eigenvalue weighted by Gasteiger charge is 2.30. The molecule has 8 heteroatoms. The maximum absolute atomic E-state index is 12.2. The second-order valence-corrected chi connectivity index (χ2v) is 9.21. The minimum absolute atomic E-state index is 0.202. The molecular formula is C10H14BrCl2NO2S2. The molecule has 1 atom stereocenters. The van der Waals surface area contributed by atoms with Crippen LogP contribution in [0.15, 0.2) is 14.1 Å². The molecule has 1 unspecified atom stereocenters. The van der Waals surface area contributed by atoms with Gasteiger partial charge in [0.15, 0.2) is 0 Å². The smallest absolute Gasteiger partial charge is 0.206 e. The van der Waals surface area contributed by atoms with Gasteiger partial charge in [-0.3, -0.25) is 0 Å². The molecule has 1 rings (SSSR count). The first-order valence-electron chi connectivity index (χ1n) is 5.29. The van der Waals surface area contributed by atoms with E-state index in [9.17, 15) is 8.42 Å². The first-order chi connectivity index (χ1) is 8.24. The third-order valence-electron chi connectivity index (χ3n) is 2.69. The highest BCUT2D eigenvalue weighted by molar-refractivity contribution is 9.11. The van der Waals surface area contributed by atoms with E-state index >= 15 is 0 Å². The van der Waals surface area contributed by atoms with E-state index in [4.69, 9.17) is 23.2 Å². The molecule has 0 aliphatic rings. The molecule has 0 spiro atoms. The van der Waals surface area contributed by atoms with Gasteiger partial charge in [-0.25, -0.2) is 13.1 Å². The Hall–Kier alpha value is 0.670. The van der Waals surface area contributed by atoms with Crippen LogP contribution in [-0.2, 0) is 10.0 Å². The third-order valence-corrected chi connectivity index (χ3v) is 7.47. The second kappa shape index (κ2) is 6.41. The minimum atomic E-state index is -3.56. The summed E-state index contributed by atoms with van der Waals surface area (Å²) in [5.41, 5.74) is -0.538. The molecule has 0 aliphatic heterocycles. The molecule has 1 aromatic rings. The predicted octanol–water partition coefficient (Wildman–Crippen LogP) is 4.24. The van der Waals surface area contributed by atoms with Gasteiger partial charge in [-0.2, -0.15) is 0 Å². The number of sulfonamides is 1. The van der Waals surface area contributed by atoms with E-state index in [0.29, 0.717) is 27.5 Å². The van der Waals surface area contributed by atoms with Gasteiger partial charge in [0.05, 0.1) is 8.81 Å². The van der Waals surface area contributed by atoms with Crippen LogP contribution in [0, 0.1) is 0 Å². The normalized spacial score (nSPS) is 15.6. The number of hydrogen-bond donors (Lipinski definition) is 1. The first kappa shape index (κ1) is 16.7. The fraction of sp³-hybridized carbons (Fsp3) is 0.600. The number of rotatable bonds is 6. The Morgan fingerprint density at radius 3 is 2.56 bits per heavy atom. The van der Waals surface area contributed by atoms with Crippen LogP contribution in [0.25, 0.3) is 0 Å². The van der Waals surface area contributed by atoms with Gasteiger partial charge in [-0.1, -0.05) is 18.5 Å². The van der Waals surface area contributed by atoms with E-state index in [1.54, 1.807) is 0 Å². The zero-order valence-electron chi connectivity index (χ0n) is 9.97. The highest BCUT2D eigenvalue weighted by Crippen LogP contribution is 2.35. The van der Waals surface area contributed by atoms with Gasteiger partial charge in [0.2, 0.25) is 0 Å². The van der Waals surface area contributed by atoms with Crippen LogP contribution in [0.1, 0.15) is 26.7 Å². The quantitative estimate of drug-likeness (QED) is 0.733. The number of thiophene rings is 1.